The summed E-state index contributed by atoms with van der Waals surface area (Å²) >= 11 is 0. The summed E-state index contributed by atoms with van der Waals surface area (Å²) in [7, 11) is 0. The van der Waals surface area contributed by atoms with Gasteiger partial charge in [-0.15, -0.1) is 0 Å². The zero-order valence-corrected chi connectivity index (χ0v) is 6.46. The van der Waals surface area contributed by atoms with Crippen LogP contribution in [0.15, 0.2) is 0 Å². The van der Waals surface area contributed by atoms with Crippen molar-refractivity contribution < 1.29 is 9.53 Å². The second-order valence-corrected chi connectivity index (χ2v) is 1.90. The van der Waals surface area contributed by atoms with Crippen LogP contribution in [-0.4, -0.2) is 18.7 Å². The third kappa shape index (κ3) is 5.74. The molecule has 1 atom stereocenters. The molecule has 0 amide bonds. The highest BCUT2D eigenvalue weighted by Crippen LogP contribution is 1.87. The lowest BCUT2D eigenvalue weighted by molar-refractivity contribution is -0.143. The van der Waals surface area contributed by atoms with E-state index in [1.165, 1.54) is 0 Å². The van der Waals surface area contributed by atoms with Gasteiger partial charge < -0.3 is 10.5 Å². The second-order valence-electron chi connectivity index (χ2n) is 1.90. The van der Waals surface area contributed by atoms with Gasteiger partial charge in [-0.3, -0.25) is 10.6 Å². The molecule has 0 aliphatic heterocycles. The van der Waals surface area contributed by atoms with Crippen molar-refractivity contribution in [3.05, 3.63) is 0 Å². The molecule has 0 spiro atoms. The molecular weight excluding hydrogens is 148 g/mol. The standard InChI is InChI=1S/C5H14N4O2/c1-2-11-5(10)3-4(6)8-9-7/h4,8-9H,2-3,6-7H2,1H3. The topological polar surface area (TPSA) is 102 Å². The van der Waals surface area contributed by atoms with E-state index in [-0.39, 0.29) is 12.4 Å². The van der Waals surface area contributed by atoms with Crippen LogP contribution in [0, 0.1) is 0 Å². The number of esters is 1. The van der Waals surface area contributed by atoms with Gasteiger partial charge in [0.05, 0.1) is 19.2 Å². The summed E-state index contributed by atoms with van der Waals surface area (Å²) in [6.45, 7) is 2.10. The van der Waals surface area contributed by atoms with Gasteiger partial charge in [-0.2, -0.15) is 5.53 Å². The predicted octanol–water partition coefficient (Wildman–Crippen LogP) is -1.81. The van der Waals surface area contributed by atoms with Gasteiger partial charge >= 0.3 is 5.97 Å². The Morgan fingerprint density at radius 2 is 2.36 bits per heavy atom. The summed E-state index contributed by atoms with van der Waals surface area (Å²) in [5.74, 6) is 4.54. The molecular formula is C5H14N4O2. The molecule has 6 N–H and O–H groups in total. The van der Waals surface area contributed by atoms with Crippen LogP contribution in [0.25, 0.3) is 0 Å². The first-order valence-electron chi connectivity index (χ1n) is 3.33. The van der Waals surface area contributed by atoms with Gasteiger partial charge in [-0.1, -0.05) is 0 Å². The molecule has 6 nitrogen and oxygen atoms in total. The van der Waals surface area contributed by atoms with Crippen LogP contribution in [0.2, 0.25) is 0 Å². The highest BCUT2D eigenvalue weighted by molar-refractivity contribution is 5.69. The summed E-state index contributed by atoms with van der Waals surface area (Å²) in [6.07, 6.45) is -0.419. The number of hydrogen-bond donors (Lipinski definition) is 4. The van der Waals surface area contributed by atoms with Gasteiger partial charge in [-0.05, 0) is 6.92 Å². The molecule has 0 aromatic heterocycles. The van der Waals surface area contributed by atoms with E-state index < -0.39 is 6.17 Å². The Morgan fingerprint density at radius 1 is 1.73 bits per heavy atom. The van der Waals surface area contributed by atoms with Crippen LogP contribution in [0.4, 0.5) is 0 Å². The lowest BCUT2D eigenvalue weighted by Gasteiger charge is -2.10. The van der Waals surface area contributed by atoms with Crippen molar-refractivity contribution in [1.29, 1.82) is 0 Å². The highest BCUT2D eigenvalue weighted by Gasteiger charge is 2.07. The van der Waals surface area contributed by atoms with Crippen LogP contribution in [0.3, 0.4) is 0 Å². The van der Waals surface area contributed by atoms with Crippen molar-refractivity contribution in [2.75, 3.05) is 6.61 Å². The lowest BCUT2D eigenvalue weighted by atomic mass is 10.4. The summed E-state index contributed by atoms with van der Waals surface area (Å²) in [4.78, 5) is 10.7. The maximum absolute atomic E-state index is 10.7. The molecule has 0 fully saturated rings. The van der Waals surface area contributed by atoms with E-state index in [9.17, 15) is 4.79 Å². The maximum Gasteiger partial charge on any atom is 0.308 e. The number of rotatable bonds is 5. The smallest absolute Gasteiger partial charge is 0.308 e. The fraction of sp³-hybridized carbons (Fsp3) is 0.800. The summed E-state index contributed by atoms with van der Waals surface area (Å²) < 4.78 is 4.63. The molecule has 0 saturated heterocycles. The number of nitrogens with one attached hydrogen (secondary N) is 2. The largest absolute Gasteiger partial charge is 0.466 e. The monoisotopic (exact) mass is 162 g/mol. The van der Waals surface area contributed by atoms with Crippen molar-refractivity contribution in [1.82, 2.24) is 11.0 Å². The fourth-order valence-corrected chi connectivity index (χ4v) is 0.558. The van der Waals surface area contributed by atoms with Crippen LogP contribution in [0.1, 0.15) is 13.3 Å². The number of hydrazine groups is 2. The first-order valence-corrected chi connectivity index (χ1v) is 3.33. The average molecular weight is 162 g/mol. The normalized spacial score (nSPS) is 12.6. The highest BCUT2D eigenvalue weighted by atomic mass is 16.5. The van der Waals surface area contributed by atoms with Crippen molar-refractivity contribution >= 4 is 5.97 Å². The third-order valence-electron chi connectivity index (χ3n) is 0.961. The second kappa shape index (κ2) is 6.05. The molecule has 0 rings (SSSR count). The first kappa shape index (κ1) is 10.3. The minimum Gasteiger partial charge on any atom is -0.466 e. The molecule has 0 aromatic rings. The lowest BCUT2D eigenvalue weighted by Crippen LogP contribution is -2.50. The maximum atomic E-state index is 10.7. The van der Waals surface area contributed by atoms with Crippen molar-refractivity contribution in [3.8, 4) is 0 Å². The van der Waals surface area contributed by atoms with Crippen molar-refractivity contribution in [2.24, 2.45) is 11.6 Å². The first-order chi connectivity index (χ1) is 5.20. The Hall–Kier alpha value is -0.690. The van der Waals surface area contributed by atoms with Gasteiger partial charge in [0.15, 0.2) is 0 Å². The van der Waals surface area contributed by atoms with E-state index >= 15 is 0 Å². The minimum absolute atomic E-state index is 0.0953. The third-order valence-corrected chi connectivity index (χ3v) is 0.961. The molecule has 0 saturated carbocycles. The molecule has 66 valence electrons. The molecule has 0 bridgehead atoms. The Balaban J connectivity index is 3.40. The van der Waals surface area contributed by atoms with E-state index in [0.29, 0.717) is 6.61 Å². The van der Waals surface area contributed by atoms with E-state index in [0.717, 1.165) is 0 Å². The fourth-order valence-electron chi connectivity index (χ4n) is 0.558. The van der Waals surface area contributed by atoms with Crippen LogP contribution in [-0.2, 0) is 9.53 Å². The molecule has 11 heavy (non-hydrogen) atoms. The quantitative estimate of drug-likeness (QED) is 0.164. The zero-order valence-electron chi connectivity index (χ0n) is 6.46. The average Bonchev–Trinajstić information content (AvgIpc) is 1.87. The van der Waals surface area contributed by atoms with E-state index in [1.54, 1.807) is 6.92 Å². The van der Waals surface area contributed by atoms with Gasteiger partial charge in [0.1, 0.15) is 0 Å². The summed E-state index contributed by atoms with van der Waals surface area (Å²) in [5.41, 5.74) is 9.93. The van der Waals surface area contributed by atoms with E-state index in [2.05, 4.69) is 15.7 Å². The van der Waals surface area contributed by atoms with Gasteiger partial charge in [0.2, 0.25) is 0 Å². The van der Waals surface area contributed by atoms with E-state index in [1.807, 2.05) is 0 Å². The number of carbonyl (C=O) groups is 1. The Labute approximate surface area is 65.2 Å². The minimum atomic E-state index is -0.515. The Bertz CT molecular complexity index is 119. The predicted molar refractivity (Wildman–Crippen MR) is 39.7 cm³/mol. The molecule has 6 heteroatoms. The van der Waals surface area contributed by atoms with Crippen molar-refractivity contribution in [2.45, 2.75) is 19.5 Å². The van der Waals surface area contributed by atoms with Gasteiger partial charge in [-0.25, -0.2) is 5.43 Å². The molecule has 0 aliphatic rings. The SMILES string of the molecule is CCOC(=O)CC(N)NNN. The Morgan fingerprint density at radius 3 is 2.82 bits per heavy atom. The number of nitrogens with two attached hydrogens (primary N) is 2. The summed E-state index contributed by atoms with van der Waals surface area (Å²) in [6, 6.07) is 0. The van der Waals surface area contributed by atoms with E-state index in [4.69, 9.17) is 11.6 Å². The van der Waals surface area contributed by atoms with Crippen LogP contribution >= 0.6 is 0 Å². The van der Waals surface area contributed by atoms with Crippen molar-refractivity contribution in [3.63, 3.8) is 0 Å². The summed E-state index contributed by atoms with van der Waals surface area (Å²) in [5, 5.41) is 0. The Kier molecular flexibility index (Phi) is 5.67. The molecule has 0 aromatic carbocycles. The number of carbonyl (C=O) groups excluding carboxylic acids is 1. The number of ether oxygens (including phenoxy) is 1. The van der Waals surface area contributed by atoms with Gasteiger partial charge in [0.25, 0.3) is 0 Å². The molecule has 0 heterocycles. The molecule has 0 radical (unpaired) electrons. The number of hydrogen-bond acceptors (Lipinski definition) is 6. The molecule has 0 aliphatic carbocycles. The van der Waals surface area contributed by atoms with Gasteiger partial charge in [0, 0.05) is 0 Å². The zero-order chi connectivity index (χ0) is 8.69. The molecule has 1 unspecified atom stereocenters. The van der Waals surface area contributed by atoms with Crippen LogP contribution in [0.5, 0.6) is 0 Å². The van der Waals surface area contributed by atoms with Crippen LogP contribution < -0.4 is 22.5 Å².